The van der Waals surface area contributed by atoms with Crippen LogP contribution >= 0.6 is 0 Å². The second-order valence-electron chi connectivity index (χ2n) is 6.12. The van der Waals surface area contributed by atoms with Crippen molar-refractivity contribution in [2.24, 2.45) is 11.7 Å². The molecule has 0 aromatic rings. The van der Waals surface area contributed by atoms with Gasteiger partial charge in [0, 0.05) is 24.6 Å². The molecule has 110 valence electrons. The Morgan fingerprint density at radius 2 is 1.95 bits per heavy atom. The summed E-state index contributed by atoms with van der Waals surface area (Å²) < 4.78 is 5.79. The van der Waals surface area contributed by atoms with Gasteiger partial charge in [-0.3, -0.25) is 4.79 Å². The van der Waals surface area contributed by atoms with Gasteiger partial charge in [-0.05, 0) is 44.9 Å². The Morgan fingerprint density at radius 3 is 2.58 bits per heavy atom. The highest BCUT2D eigenvalue weighted by Gasteiger charge is 2.28. The average molecular weight is 268 g/mol. The van der Waals surface area contributed by atoms with E-state index in [0.29, 0.717) is 18.2 Å². The van der Waals surface area contributed by atoms with Crippen molar-refractivity contribution in [1.29, 1.82) is 0 Å². The van der Waals surface area contributed by atoms with Crippen LogP contribution in [0.25, 0.3) is 0 Å². The number of carbonyl (C=O) groups is 1. The summed E-state index contributed by atoms with van der Waals surface area (Å²) in [4.78, 5) is 11.2. The summed E-state index contributed by atoms with van der Waals surface area (Å²) in [5.74, 6) is -0.00638. The summed E-state index contributed by atoms with van der Waals surface area (Å²) in [5, 5.41) is 3.77. The maximum atomic E-state index is 11.2. The molecular weight excluding hydrogens is 240 g/mol. The van der Waals surface area contributed by atoms with E-state index in [1.54, 1.807) is 0 Å². The van der Waals surface area contributed by atoms with E-state index in [1.165, 1.54) is 12.8 Å². The van der Waals surface area contributed by atoms with Crippen molar-refractivity contribution in [2.45, 2.75) is 76.5 Å². The van der Waals surface area contributed by atoms with Gasteiger partial charge in [0.25, 0.3) is 0 Å². The number of nitrogens with one attached hydrogen (secondary N) is 1. The van der Waals surface area contributed by atoms with Crippen LogP contribution in [0.4, 0.5) is 0 Å². The Kier molecular flexibility index (Phi) is 5.64. The third-order valence-electron chi connectivity index (χ3n) is 4.58. The largest absolute Gasteiger partial charge is 0.378 e. The quantitative estimate of drug-likeness (QED) is 0.801. The van der Waals surface area contributed by atoms with E-state index in [-0.39, 0.29) is 11.8 Å². The minimum atomic E-state index is -0.118. The van der Waals surface area contributed by atoms with E-state index in [2.05, 4.69) is 12.2 Å². The molecule has 1 aliphatic carbocycles. The number of hydrogen-bond acceptors (Lipinski definition) is 3. The smallest absolute Gasteiger partial charge is 0.220 e. The van der Waals surface area contributed by atoms with Crippen LogP contribution in [0.5, 0.6) is 0 Å². The first-order valence-corrected chi connectivity index (χ1v) is 7.86. The molecule has 1 heterocycles. The lowest BCUT2D eigenvalue weighted by Crippen LogP contribution is -2.46. The van der Waals surface area contributed by atoms with Crippen LogP contribution in [0.1, 0.15) is 58.3 Å². The van der Waals surface area contributed by atoms with Crippen molar-refractivity contribution in [3.8, 4) is 0 Å². The molecule has 2 atom stereocenters. The molecule has 4 heteroatoms. The lowest BCUT2D eigenvalue weighted by atomic mass is 9.85. The van der Waals surface area contributed by atoms with E-state index >= 15 is 0 Å². The SMILES string of the molecule is CCCC1CC(NC2CCC(C(N)=O)CC2)CCO1. The molecule has 0 aromatic heterocycles. The van der Waals surface area contributed by atoms with E-state index in [1.807, 2.05) is 0 Å². The molecule has 0 aromatic carbocycles. The molecule has 2 fully saturated rings. The molecule has 2 aliphatic rings. The van der Waals surface area contributed by atoms with Gasteiger partial charge in [0.1, 0.15) is 0 Å². The summed E-state index contributed by atoms with van der Waals surface area (Å²) in [5.41, 5.74) is 5.37. The zero-order valence-electron chi connectivity index (χ0n) is 12.1. The predicted molar refractivity (Wildman–Crippen MR) is 75.7 cm³/mol. The zero-order chi connectivity index (χ0) is 13.7. The first-order valence-electron chi connectivity index (χ1n) is 7.86. The Bertz CT molecular complexity index is 286. The second kappa shape index (κ2) is 7.25. The monoisotopic (exact) mass is 268 g/mol. The molecule has 1 saturated carbocycles. The molecule has 0 bridgehead atoms. The van der Waals surface area contributed by atoms with Gasteiger partial charge in [-0.15, -0.1) is 0 Å². The van der Waals surface area contributed by atoms with Crippen LogP contribution in [0.3, 0.4) is 0 Å². The van der Waals surface area contributed by atoms with Crippen molar-refractivity contribution in [3.05, 3.63) is 0 Å². The maximum absolute atomic E-state index is 11.2. The highest BCUT2D eigenvalue weighted by Crippen LogP contribution is 2.26. The number of rotatable bonds is 5. The predicted octanol–water partition coefficient (Wildman–Crippen LogP) is 1.97. The fourth-order valence-electron chi connectivity index (χ4n) is 3.43. The molecular formula is C15H28N2O2. The summed E-state index contributed by atoms with van der Waals surface area (Å²) >= 11 is 0. The number of nitrogens with two attached hydrogens (primary N) is 1. The Morgan fingerprint density at radius 1 is 1.21 bits per heavy atom. The van der Waals surface area contributed by atoms with Crippen LogP contribution in [-0.2, 0) is 9.53 Å². The van der Waals surface area contributed by atoms with Gasteiger partial charge in [-0.1, -0.05) is 13.3 Å². The minimum absolute atomic E-state index is 0.112. The van der Waals surface area contributed by atoms with E-state index < -0.39 is 0 Å². The van der Waals surface area contributed by atoms with Crippen molar-refractivity contribution < 1.29 is 9.53 Å². The summed E-state index contributed by atoms with van der Waals surface area (Å²) in [6.07, 6.45) is 9.15. The van der Waals surface area contributed by atoms with E-state index in [0.717, 1.165) is 45.1 Å². The third-order valence-corrected chi connectivity index (χ3v) is 4.58. The van der Waals surface area contributed by atoms with Gasteiger partial charge >= 0.3 is 0 Å². The van der Waals surface area contributed by atoms with Gasteiger partial charge in [-0.25, -0.2) is 0 Å². The molecule has 0 radical (unpaired) electrons. The molecule has 1 amide bonds. The van der Waals surface area contributed by atoms with Crippen LogP contribution < -0.4 is 11.1 Å². The number of primary amides is 1. The van der Waals surface area contributed by atoms with Gasteiger partial charge in [0.05, 0.1) is 6.10 Å². The zero-order valence-corrected chi connectivity index (χ0v) is 12.1. The number of hydrogen-bond donors (Lipinski definition) is 2. The number of carbonyl (C=O) groups excluding carboxylic acids is 1. The van der Waals surface area contributed by atoms with Crippen LogP contribution in [0.15, 0.2) is 0 Å². The van der Waals surface area contributed by atoms with E-state index in [9.17, 15) is 4.79 Å². The van der Waals surface area contributed by atoms with Crippen molar-refractivity contribution in [3.63, 3.8) is 0 Å². The van der Waals surface area contributed by atoms with Gasteiger partial charge in [-0.2, -0.15) is 0 Å². The van der Waals surface area contributed by atoms with Crippen LogP contribution in [0, 0.1) is 5.92 Å². The Labute approximate surface area is 116 Å². The van der Waals surface area contributed by atoms with Gasteiger partial charge in [0.15, 0.2) is 0 Å². The number of amides is 1. The lowest BCUT2D eigenvalue weighted by Gasteiger charge is -2.35. The van der Waals surface area contributed by atoms with Gasteiger partial charge < -0.3 is 15.8 Å². The number of ether oxygens (including phenoxy) is 1. The molecule has 2 rings (SSSR count). The first-order chi connectivity index (χ1) is 9.19. The van der Waals surface area contributed by atoms with Gasteiger partial charge in [0.2, 0.25) is 5.91 Å². The standard InChI is InChI=1S/C15H28N2O2/c1-2-3-14-10-13(8-9-19-14)17-12-6-4-11(5-7-12)15(16)18/h11-14,17H,2-10H2,1H3,(H2,16,18). The normalized spacial score (nSPS) is 36.1. The maximum Gasteiger partial charge on any atom is 0.220 e. The molecule has 4 nitrogen and oxygen atoms in total. The summed E-state index contributed by atoms with van der Waals surface area (Å²) in [6, 6.07) is 1.17. The van der Waals surface area contributed by atoms with Crippen molar-refractivity contribution in [1.82, 2.24) is 5.32 Å². The highest BCUT2D eigenvalue weighted by molar-refractivity contribution is 5.76. The second-order valence-corrected chi connectivity index (χ2v) is 6.12. The average Bonchev–Trinajstić information content (AvgIpc) is 2.40. The van der Waals surface area contributed by atoms with Crippen molar-refractivity contribution in [2.75, 3.05) is 6.61 Å². The Balaban J connectivity index is 1.71. The van der Waals surface area contributed by atoms with E-state index in [4.69, 9.17) is 10.5 Å². The highest BCUT2D eigenvalue weighted by atomic mass is 16.5. The summed E-state index contributed by atoms with van der Waals surface area (Å²) in [7, 11) is 0. The third kappa shape index (κ3) is 4.46. The van der Waals surface area contributed by atoms with Crippen LogP contribution in [0.2, 0.25) is 0 Å². The fourth-order valence-corrected chi connectivity index (χ4v) is 3.43. The molecule has 2 unspecified atom stereocenters. The molecule has 19 heavy (non-hydrogen) atoms. The fraction of sp³-hybridized carbons (Fsp3) is 0.933. The van der Waals surface area contributed by atoms with Crippen molar-refractivity contribution >= 4 is 5.91 Å². The topological polar surface area (TPSA) is 64.3 Å². The Hall–Kier alpha value is -0.610. The first kappa shape index (κ1) is 14.8. The molecule has 0 spiro atoms. The lowest BCUT2D eigenvalue weighted by molar-refractivity contribution is -0.122. The minimum Gasteiger partial charge on any atom is -0.378 e. The summed E-state index contributed by atoms with van der Waals surface area (Å²) in [6.45, 7) is 3.10. The van der Waals surface area contributed by atoms with Crippen LogP contribution in [-0.4, -0.2) is 30.7 Å². The molecule has 3 N–H and O–H groups in total. The molecule has 1 aliphatic heterocycles. The molecule has 1 saturated heterocycles.